The highest BCUT2D eigenvalue weighted by Crippen LogP contribution is 2.58. The summed E-state index contributed by atoms with van der Waals surface area (Å²) >= 11 is 0. The lowest BCUT2D eigenvalue weighted by molar-refractivity contribution is -0.349. The molecule has 0 N–H and O–H groups in total. The Hall–Kier alpha value is -2.17. The monoisotopic (exact) mass is 469 g/mol. The van der Waals surface area contributed by atoms with E-state index in [-0.39, 0.29) is 0 Å². The summed E-state index contributed by atoms with van der Waals surface area (Å²) in [5, 5.41) is 0. The summed E-state index contributed by atoms with van der Waals surface area (Å²) in [6, 6.07) is 0. The van der Waals surface area contributed by atoms with Crippen molar-refractivity contribution in [1.82, 2.24) is 0 Å². The number of halogens is 17. The summed E-state index contributed by atoms with van der Waals surface area (Å²) in [5.41, 5.74) is -16.3. The van der Waals surface area contributed by atoms with Gasteiger partial charge in [-0.05, 0) is 0 Å². The average molecular weight is 469 g/mol. The zero-order valence-corrected chi connectivity index (χ0v) is 12.4. The standard InChI is InChI=1S/C11F17N/c12-2-1(7(16,8(17,18)19)9(20,21)22)6(5(15)4(14)3(2)13)29(10(23,24)25)11(26,27)28. The van der Waals surface area contributed by atoms with Crippen molar-refractivity contribution in [2.24, 2.45) is 0 Å². The summed E-state index contributed by atoms with van der Waals surface area (Å²) in [5.74, 6) is -15.6. The molecule has 0 aliphatic heterocycles. The molecule has 1 nitrogen and oxygen atoms in total. The summed E-state index contributed by atoms with van der Waals surface area (Å²) in [4.78, 5) is -3.57. The van der Waals surface area contributed by atoms with Crippen LogP contribution in [-0.2, 0) is 5.67 Å². The van der Waals surface area contributed by atoms with Gasteiger partial charge >= 0.3 is 30.6 Å². The first-order valence-corrected chi connectivity index (χ1v) is 6.13. The van der Waals surface area contributed by atoms with Crippen molar-refractivity contribution in [2.45, 2.75) is 30.6 Å². The molecule has 0 atom stereocenters. The van der Waals surface area contributed by atoms with Crippen LogP contribution in [-0.4, -0.2) is 25.0 Å². The van der Waals surface area contributed by atoms with E-state index in [1.54, 1.807) is 0 Å². The largest absolute Gasteiger partial charge is 0.491 e. The molecule has 0 bridgehead atoms. The molecule has 1 rings (SSSR count). The van der Waals surface area contributed by atoms with E-state index in [4.69, 9.17) is 0 Å². The van der Waals surface area contributed by atoms with Gasteiger partial charge in [0, 0.05) is 0 Å². The Morgan fingerprint density at radius 3 is 1.03 bits per heavy atom. The first kappa shape index (κ1) is 24.9. The predicted molar refractivity (Wildman–Crippen MR) is 55.8 cm³/mol. The molecule has 0 spiro atoms. The first-order chi connectivity index (χ1) is 12.5. The molecule has 1 aromatic rings. The quantitative estimate of drug-likeness (QED) is 0.211. The Labute approximate surface area is 146 Å². The van der Waals surface area contributed by atoms with Crippen LogP contribution in [0.1, 0.15) is 5.56 Å². The number of hydrogen-bond donors (Lipinski definition) is 0. The van der Waals surface area contributed by atoms with E-state index in [0.717, 1.165) is 0 Å². The number of anilines is 1. The van der Waals surface area contributed by atoms with E-state index >= 15 is 0 Å². The van der Waals surface area contributed by atoms with Crippen molar-refractivity contribution in [3.05, 3.63) is 28.8 Å². The van der Waals surface area contributed by atoms with Gasteiger partial charge in [-0.2, -0.15) is 31.2 Å². The van der Waals surface area contributed by atoms with Gasteiger partial charge < -0.3 is 0 Å². The van der Waals surface area contributed by atoms with Gasteiger partial charge in [-0.1, -0.05) is 0 Å². The van der Waals surface area contributed by atoms with Crippen molar-refractivity contribution < 1.29 is 74.6 Å². The summed E-state index contributed by atoms with van der Waals surface area (Å²) < 4.78 is 219. The Kier molecular flexibility index (Phi) is 5.73. The van der Waals surface area contributed by atoms with Crippen molar-refractivity contribution in [1.29, 1.82) is 0 Å². The lowest BCUT2D eigenvalue weighted by Crippen LogP contribution is -2.55. The van der Waals surface area contributed by atoms with E-state index in [0.29, 0.717) is 0 Å². The molecule has 1 aromatic carbocycles. The maximum absolute atomic E-state index is 14.0. The fourth-order valence-electron chi connectivity index (χ4n) is 1.99. The summed E-state index contributed by atoms with van der Waals surface area (Å²) in [7, 11) is 0. The van der Waals surface area contributed by atoms with Gasteiger partial charge in [0.1, 0.15) is 5.69 Å². The van der Waals surface area contributed by atoms with Gasteiger partial charge in [0.25, 0.3) is 0 Å². The summed E-state index contributed by atoms with van der Waals surface area (Å²) in [6.07, 6.45) is -29.6. The van der Waals surface area contributed by atoms with Crippen molar-refractivity contribution >= 4 is 5.69 Å². The molecular formula is C11F17N. The minimum absolute atomic E-state index is 3.57. The molecule has 29 heavy (non-hydrogen) atoms. The van der Waals surface area contributed by atoms with Crippen LogP contribution >= 0.6 is 0 Å². The molecule has 0 unspecified atom stereocenters. The van der Waals surface area contributed by atoms with Gasteiger partial charge in [0.15, 0.2) is 23.3 Å². The van der Waals surface area contributed by atoms with E-state index < -0.39 is 70.0 Å². The van der Waals surface area contributed by atoms with Crippen LogP contribution < -0.4 is 4.90 Å². The zero-order chi connectivity index (χ0) is 23.5. The van der Waals surface area contributed by atoms with E-state index in [9.17, 15) is 74.6 Å². The van der Waals surface area contributed by atoms with Crippen LogP contribution in [0, 0.1) is 23.3 Å². The van der Waals surface area contributed by atoms with Gasteiger partial charge in [0.2, 0.25) is 0 Å². The van der Waals surface area contributed by atoms with Crippen molar-refractivity contribution in [3.63, 3.8) is 0 Å². The van der Waals surface area contributed by atoms with Crippen LogP contribution in [0.5, 0.6) is 0 Å². The fourth-order valence-corrected chi connectivity index (χ4v) is 1.99. The first-order valence-electron chi connectivity index (χ1n) is 6.13. The molecule has 0 saturated heterocycles. The SMILES string of the molecule is Fc1c(F)c(F)c(C(F)(C(F)(F)F)C(F)(F)F)c(N(C(F)(F)F)C(F)(F)F)c1F. The molecule has 0 saturated carbocycles. The molecular weight excluding hydrogens is 469 g/mol. The second-order valence-electron chi connectivity index (χ2n) is 4.90. The van der Waals surface area contributed by atoms with Gasteiger partial charge in [0.05, 0.1) is 5.56 Å². The second kappa shape index (κ2) is 6.68. The molecule has 0 fully saturated rings. The number of benzene rings is 1. The molecule has 0 amide bonds. The molecule has 18 heteroatoms. The number of nitrogens with zero attached hydrogens (tertiary/aromatic N) is 1. The van der Waals surface area contributed by atoms with E-state index in [1.807, 2.05) is 0 Å². The number of alkyl halides is 13. The van der Waals surface area contributed by atoms with Crippen LogP contribution in [0.4, 0.5) is 80.3 Å². The molecule has 0 heterocycles. The molecule has 0 aromatic heterocycles. The topological polar surface area (TPSA) is 3.24 Å². The third-order valence-corrected chi connectivity index (χ3v) is 3.10. The number of hydrogen-bond acceptors (Lipinski definition) is 1. The van der Waals surface area contributed by atoms with Crippen molar-refractivity contribution in [2.75, 3.05) is 4.90 Å². The highest BCUT2D eigenvalue weighted by Gasteiger charge is 2.76. The minimum Gasteiger partial charge on any atom is -0.218 e. The normalized spacial score (nSPS) is 14.4. The third kappa shape index (κ3) is 3.84. The molecule has 168 valence electrons. The Morgan fingerprint density at radius 2 is 0.759 bits per heavy atom. The Morgan fingerprint density at radius 1 is 0.448 bits per heavy atom. The highest BCUT2D eigenvalue weighted by molar-refractivity contribution is 5.61. The van der Waals surface area contributed by atoms with Crippen molar-refractivity contribution in [3.8, 4) is 0 Å². The molecule has 0 aliphatic rings. The van der Waals surface area contributed by atoms with Gasteiger partial charge in [-0.3, -0.25) is 0 Å². The Bertz CT molecular complexity index is 751. The Balaban J connectivity index is 4.40. The van der Waals surface area contributed by atoms with Crippen LogP contribution in [0.25, 0.3) is 0 Å². The fraction of sp³-hybridized carbons (Fsp3) is 0.455. The maximum Gasteiger partial charge on any atom is 0.491 e. The third-order valence-electron chi connectivity index (χ3n) is 3.10. The van der Waals surface area contributed by atoms with Gasteiger partial charge in [-0.15, -0.1) is 26.3 Å². The zero-order valence-electron chi connectivity index (χ0n) is 12.4. The van der Waals surface area contributed by atoms with Crippen LogP contribution in [0.3, 0.4) is 0 Å². The molecule has 0 radical (unpaired) electrons. The van der Waals surface area contributed by atoms with Gasteiger partial charge in [-0.25, -0.2) is 22.0 Å². The van der Waals surface area contributed by atoms with E-state index in [1.165, 1.54) is 0 Å². The average Bonchev–Trinajstić information content (AvgIpc) is 2.45. The van der Waals surface area contributed by atoms with Crippen LogP contribution in [0.2, 0.25) is 0 Å². The number of rotatable bonds is 2. The lowest BCUT2D eigenvalue weighted by Gasteiger charge is -2.36. The van der Waals surface area contributed by atoms with Crippen LogP contribution in [0.15, 0.2) is 0 Å². The lowest BCUT2D eigenvalue weighted by atomic mass is 9.90. The smallest absolute Gasteiger partial charge is 0.218 e. The predicted octanol–water partition coefficient (Wildman–Crippen LogP) is 6.38. The molecule has 0 aliphatic carbocycles. The second-order valence-corrected chi connectivity index (χ2v) is 4.90. The van der Waals surface area contributed by atoms with E-state index in [2.05, 4.69) is 0 Å². The summed E-state index contributed by atoms with van der Waals surface area (Å²) in [6.45, 7) is 0. The highest BCUT2D eigenvalue weighted by atomic mass is 19.4. The maximum atomic E-state index is 14.0. The minimum atomic E-state index is -7.61.